The number of ether oxygens (including phenoxy) is 4. The Morgan fingerprint density at radius 3 is 1.34 bits per heavy atom. The van der Waals surface area contributed by atoms with Gasteiger partial charge in [0, 0.05) is 58.3 Å². The maximum absolute atomic E-state index is 13.9. The fourth-order valence-corrected chi connectivity index (χ4v) is 8.40. The van der Waals surface area contributed by atoms with Gasteiger partial charge < -0.3 is 29.2 Å². The molecule has 0 radical (unpaired) electrons. The SMILES string of the molecule is CC(C)(C)OC(=O)CN1CCN(CC(=O)OC(C)(C)C)CCN([C@H]2[C@@H](C(=O)O)N(C(=O)OCC3c4ccccc4-c4ccccc43)C[C@@H]2O)CCN(CC(=O)OC(C)(C)C)CC1. The molecule has 16 heteroatoms. The Bertz CT molecular complexity index is 1810. The fraction of sp³-hybridized carbons (Fsp3) is 0.630. The van der Waals surface area contributed by atoms with Gasteiger partial charge in [-0.05, 0) is 84.6 Å². The van der Waals surface area contributed by atoms with E-state index >= 15 is 0 Å². The second-order valence-corrected chi connectivity index (χ2v) is 19.4. The molecule has 342 valence electrons. The number of fused-ring (bicyclic) bond motifs is 3. The first kappa shape index (κ1) is 48.4. The minimum Gasteiger partial charge on any atom is -0.480 e. The molecule has 2 aromatic rings. The Kier molecular flexibility index (Phi) is 15.8. The highest BCUT2D eigenvalue weighted by Crippen LogP contribution is 2.44. The van der Waals surface area contributed by atoms with Crippen molar-refractivity contribution in [2.45, 2.75) is 103 Å². The van der Waals surface area contributed by atoms with Gasteiger partial charge in [0.25, 0.3) is 0 Å². The van der Waals surface area contributed by atoms with Crippen LogP contribution in [0, 0.1) is 0 Å². The van der Waals surface area contributed by atoms with Crippen LogP contribution in [0.1, 0.15) is 79.4 Å². The number of carbonyl (C=O) groups excluding carboxylic acids is 4. The van der Waals surface area contributed by atoms with Crippen molar-refractivity contribution in [3.8, 4) is 11.1 Å². The minimum atomic E-state index is -1.48. The van der Waals surface area contributed by atoms with E-state index in [0.717, 1.165) is 27.2 Å². The lowest BCUT2D eigenvalue weighted by Gasteiger charge is -2.38. The molecule has 0 saturated carbocycles. The zero-order valence-electron chi connectivity index (χ0n) is 37.9. The number of benzene rings is 2. The molecule has 2 N–H and O–H groups in total. The summed E-state index contributed by atoms with van der Waals surface area (Å²) >= 11 is 0. The summed E-state index contributed by atoms with van der Waals surface area (Å²) in [5.41, 5.74) is 1.96. The minimum absolute atomic E-state index is 0.0234. The Hall–Kier alpha value is -4.61. The number of aliphatic hydroxyl groups excluding tert-OH is 1. The summed E-state index contributed by atoms with van der Waals surface area (Å²) in [5.74, 6) is -2.88. The quantitative estimate of drug-likeness (QED) is 0.261. The number of hydrogen-bond donors (Lipinski definition) is 2. The van der Waals surface area contributed by atoms with E-state index in [1.165, 1.54) is 0 Å². The van der Waals surface area contributed by atoms with E-state index in [1.807, 2.05) is 68.1 Å². The predicted octanol–water partition coefficient (Wildman–Crippen LogP) is 3.68. The molecular formula is C46H67N5O11. The number of nitrogens with zero attached hydrogens (tertiary/aromatic N) is 5. The number of likely N-dealkylation sites (tertiary alicyclic amines) is 1. The summed E-state index contributed by atoms with van der Waals surface area (Å²) in [6.07, 6.45) is -2.12. The molecule has 1 aliphatic carbocycles. The van der Waals surface area contributed by atoms with E-state index in [1.54, 1.807) is 62.3 Å². The highest BCUT2D eigenvalue weighted by atomic mass is 16.6. The molecule has 2 heterocycles. The van der Waals surface area contributed by atoms with Gasteiger partial charge in [-0.25, -0.2) is 9.59 Å². The van der Waals surface area contributed by atoms with Crippen molar-refractivity contribution >= 4 is 30.0 Å². The van der Waals surface area contributed by atoms with Crippen molar-refractivity contribution in [2.24, 2.45) is 0 Å². The second-order valence-electron chi connectivity index (χ2n) is 19.4. The van der Waals surface area contributed by atoms with E-state index in [9.17, 15) is 34.2 Å². The van der Waals surface area contributed by atoms with Crippen LogP contribution in [-0.4, -0.2) is 185 Å². The number of carboxylic acids is 1. The van der Waals surface area contributed by atoms with Gasteiger partial charge in [-0.2, -0.15) is 0 Å². The lowest BCUT2D eigenvalue weighted by atomic mass is 9.98. The largest absolute Gasteiger partial charge is 0.480 e. The summed E-state index contributed by atoms with van der Waals surface area (Å²) < 4.78 is 22.9. The summed E-state index contributed by atoms with van der Waals surface area (Å²) in [4.78, 5) is 75.2. The Morgan fingerprint density at radius 1 is 0.597 bits per heavy atom. The average molecular weight is 866 g/mol. The van der Waals surface area contributed by atoms with Crippen LogP contribution in [-0.2, 0) is 38.1 Å². The monoisotopic (exact) mass is 865 g/mol. The van der Waals surface area contributed by atoms with Crippen molar-refractivity contribution in [1.82, 2.24) is 24.5 Å². The molecule has 0 bridgehead atoms. The smallest absolute Gasteiger partial charge is 0.410 e. The van der Waals surface area contributed by atoms with Crippen LogP contribution in [0.3, 0.4) is 0 Å². The molecule has 0 aromatic heterocycles. The fourth-order valence-electron chi connectivity index (χ4n) is 8.40. The van der Waals surface area contributed by atoms with Gasteiger partial charge in [0.05, 0.1) is 38.3 Å². The normalized spacial score (nSPS) is 21.6. The predicted molar refractivity (Wildman–Crippen MR) is 231 cm³/mol. The van der Waals surface area contributed by atoms with Crippen molar-refractivity contribution in [3.63, 3.8) is 0 Å². The molecule has 2 saturated heterocycles. The summed E-state index contributed by atoms with van der Waals surface area (Å²) in [7, 11) is 0. The van der Waals surface area contributed by atoms with Gasteiger partial charge in [0.2, 0.25) is 0 Å². The number of carboxylic acid groups (broad SMARTS) is 1. The second kappa shape index (κ2) is 20.3. The molecule has 2 aromatic carbocycles. The molecule has 1 amide bonds. The van der Waals surface area contributed by atoms with Crippen molar-refractivity contribution in [1.29, 1.82) is 0 Å². The first-order valence-corrected chi connectivity index (χ1v) is 21.6. The first-order valence-electron chi connectivity index (χ1n) is 21.6. The third-order valence-electron chi connectivity index (χ3n) is 10.9. The molecule has 2 aliphatic heterocycles. The van der Waals surface area contributed by atoms with Gasteiger partial charge in [-0.3, -0.25) is 38.9 Å². The van der Waals surface area contributed by atoms with Crippen LogP contribution in [0.5, 0.6) is 0 Å². The van der Waals surface area contributed by atoms with Crippen molar-refractivity contribution in [2.75, 3.05) is 85.1 Å². The molecule has 5 rings (SSSR count). The Morgan fingerprint density at radius 2 is 0.968 bits per heavy atom. The van der Waals surface area contributed by atoms with Gasteiger partial charge >= 0.3 is 30.0 Å². The Balaban J connectivity index is 1.40. The number of β-amino-alcohol motifs (C(OH)–C–C–N with tert-alkyl or cyclic N) is 1. The van der Waals surface area contributed by atoms with E-state index < -0.39 is 65.0 Å². The van der Waals surface area contributed by atoms with Crippen LogP contribution >= 0.6 is 0 Å². The molecule has 3 aliphatic rings. The molecule has 0 unspecified atom stereocenters. The zero-order valence-corrected chi connectivity index (χ0v) is 37.9. The maximum atomic E-state index is 13.9. The summed E-state index contributed by atoms with van der Waals surface area (Å²) in [5, 5.41) is 22.5. The third kappa shape index (κ3) is 13.7. The first-order chi connectivity index (χ1) is 29.0. The number of aliphatic carboxylic acids is 1. The number of esters is 3. The molecular weight excluding hydrogens is 799 g/mol. The number of hydrogen-bond acceptors (Lipinski definition) is 14. The van der Waals surface area contributed by atoms with Crippen LogP contribution in [0.15, 0.2) is 48.5 Å². The van der Waals surface area contributed by atoms with Crippen molar-refractivity contribution in [3.05, 3.63) is 59.7 Å². The van der Waals surface area contributed by atoms with Crippen LogP contribution < -0.4 is 0 Å². The van der Waals surface area contributed by atoms with Gasteiger partial charge in [-0.1, -0.05) is 48.5 Å². The summed E-state index contributed by atoms with van der Waals surface area (Å²) in [6, 6.07) is 13.3. The molecule has 16 nitrogen and oxygen atoms in total. The zero-order chi connectivity index (χ0) is 45.6. The van der Waals surface area contributed by atoms with E-state index in [4.69, 9.17) is 18.9 Å². The highest BCUT2D eigenvalue weighted by Gasteiger charge is 2.51. The number of rotatable bonds is 10. The standard InChI is InChI=1S/C46H67N5O11/c1-44(2,3)60-37(53)27-47-18-20-48(28-38(54)61-45(4,5)6)22-24-50(25-23-49(21-19-47)29-39(55)62-46(7,8)9)40-36(52)26-51(41(40)42(56)57)43(58)59-30-35-33-16-12-10-14-31(33)32-15-11-13-17-34(32)35/h10-17,35-36,40-41,52H,18-30H2,1-9H3,(H,56,57)/t36-,40+,41-/m0/s1. The lowest BCUT2D eigenvalue weighted by Crippen LogP contribution is -2.57. The third-order valence-corrected chi connectivity index (χ3v) is 10.9. The number of amides is 1. The van der Waals surface area contributed by atoms with Gasteiger partial charge in [-0.15, -0.1) is 0 Å². The summed E-state index contributed by atoms with van der Waals surface area (Å²) in [6.45, 7) is 17.8. The average Bonchev–Trinajstić information content (AvgIpc) is 3.66. The van der Waals surface area contributed by atoms with Crippen LogP contribution in [0.25, 0.3) is 11.1 Å². The molecule has 62 heavy (non-hydrogen) atoms. The lowest BCUT2D eigenvalue weighted by molar-refractivity contribution is -0.158. The maximum Gasteiger partial charge on any atom is 0.410 e. The van der Waals surface area contributed by atoms with Gasteiger partial charge in [0.1, 0.15) is 23.4 Å². The highest BCUT2D eigenvalue weighted by molar-refractivity contribution is 5.83. The van der Waals surface area contributed by atoms with E-state index in [0.29, 0.717) is 26.2 Å². The number of carbonyl (C=O) groups is 5. The molecule has 3 atom stereocenters. The Labute approximate surface area is 366 Å². The van der Waals surface area contributed by atoms with Gasteiger partial charge in [0.15, 0.2) is 6.04 Å². The van der Waals surface area contributed by atoms with Crippen LogP contribution in [0.4, 0.5) is 4.79 Å². The van der Waals surface area contributed by atoms with E-state index in [2.05, 4.69) is 0 Å². The van der Waals surface area contributed by atoms with E-state index in [-0.39, 0.29) is 64.9 Å². The topological polar surface area (TPSA) is 179 Å². The van der Waals surface area contributed by atoms with Crippen molar-refractivity contribution < 1.29 is 53.1 Å². The molecule has 0 spiro atoms. The number of aliphatic hydroxyl groups is 1. The molecule has 2 fully saturated rings. The van der Waals surface area contributed by atoms with Crippen LogP contribution in [0.2, 0.25) is 0 Å².